The average Bonchev–Trinajstić information content (AvgIpc) is 2.27. The van der Waals surface area contributed by atoms with Crippen molar-refractivity contribution in [3.63, 3.8) is 0 Å². The molecule has 2 aliphatic heterocycles. The number of hydrogen-bond acceptors (Lipinski definition) is 5. The molecule has 4 nitrogen and oxygen atoms in total. The summed E-state index contributed by atoms with van der Waals surface area (Å²) in [7, 11) is -2.78. The number of thioether (sulfide) groups is 1. The van der Waals surface area contributed by atoms with Gasteiger partial charge in [0, 0.05) is 36.7 Å². The van der Waals surface area contributed by atoms with Crippen LogP contribution in [0.3, 0.4) is 0 Å². The van der Waals surface area contributed by atoms with Gasteiger partial charge >= 0.3 is 0 Å². The molecule has 0 bridgehead atoms. The van der Waals surface area contributed by atoms with E-state index < -0.39 is 9.84 Å². The maximum atomic E-state index is 11.5. The average molecular weight is 278 g/mol. The lowest BCUT2D eigenvalue weighted by Crippen LogP contribution is -2.48. The van der Waals surface area contributed by atoms with Gasteiger partial charge in [-0.15, -0.1) is 0 Å². The Kier molecular flexibility index (Phi) is 4.74. The molecule has 0 aromatic heterocycles. The second kappa shape index (κ2) is 5.91. The van der Waals surface area contributed by atoms with Gasteiger partial charge in [-0.1, -0.05) is 0 Å². The molecule has 0 spiro atoms. The Morgan fingerprint density at radius 2 is 2.29 bits per heavy atom. The van der Waals surface area contributed by atoms with E-state index in [9.17, 15) is 8.42 Å². The van der Waals surface area contributed by atoms with E-state index in [1.807, 2.05) is 11.8 Å². The third-order valence-electron chi connectivity index (χ3n) is 3.57. The quantitative estimate of drug-likeness (QED) is 0.799. The molecular formula is C11H22N2O2S2. The molecule has 0 aromatic carbocycles. The lowest BCUT2D eigenvalue weighted by atomic mass is 10.2. The number of sulfone groups is 1. The molecule has 0 radical (unpaired) electrons. The maximum absolute atomic E-state index is 11.5. The molecule has 0 saturated carbocycles. The van der Waals surface area contributed by atoms with Crippen LogP contribution in [0.4, 0.5) is 0 Å². The van der Waals surface area contributed by atoms with Crippen molar-refractivity contribution in [1.82, 2.24) is 10.2 Å². The molecule has 100 valence electrons. The highest BCUT2D eigenvalue weighted by Crippen LogP contribution is 2.17. The van der Waals surface area contributed by atoms with E-state index in [0.29, 0.717) is 24.1 Å². The largest absolute Gasteiger partial charge is 0.312 e. The predicted octanol–water partition coefficient (Wildman–Crippen LogP) is 0.200. The SMILES string of the molecule is CC1CSCCN1CCC1CS(=O)(=O)CCN1. The van der Waals surface area contributed by atoms with Crippen LogP contribution in [0, 0.1) is 0 Å². The summed E-state index contributed by atoms with van der Waals surface area (Å²) in [6.07, 6.45) is 0.953. The summed E-state index contributed by atoms with van der Waals surface area (Å²) < 4.78 is 23.0. The third-order valence-corrected chi connectivity index (χ3v) is 6.50. The molecule has 2 fully saturated rings. The van der Waals surface area contributed by atoms with Crippen molar-refractivity contribution < 1.29 is 8.42 Å². The minimum absolute atomic E-state index is 0.163. The van der Waals surface area contributed by atoms with Gasteiger partial charge in [0.05, 0.1) is 11.5 Å². The Morgan fingerprint density at radius 3 is 3.00 bits per heavy atom. The highest BCUT2D eigenvalue weighted by Gasteiger charge is 2.25. The summed E-state index contributed by atoms with van der Waals surface area (Å²) in [6.45, 7) is 5.05. The molecule has 0 aromatic rings. The van der Waals surface area contributed by atoms with Gasteiger partial charge in [0.15, 0.2) is 9.84 Å². The van der Waals surface area contributed by atoms with E-state index in [1.54, 1.807) is 0 Å². The van der Waals surface area contributed by atoms with Crippen molar-refractivity contribution in [3.8, 4) is 0 Å². The zero-order chi connectivity index (χ0) is 12.3. The van der Waals surface area contributed by atoms with Crippen molar-refractivity contribution in [2.24, 2.45) is 0 Å². The van der Waals surface area contributed by atoms with Crippen LogP contribution in [-0.2, 0) is 9.84 Å². The summed E-state index contributed by atoms with van der Waals surface area (Å²) in [5, 5.41) is 3.32. The zero-order valence-electron chi connectivity index (χ0n) is 10.4. The van der Waals surface area contributed by atoms with Crippen LogP contribution >= 0.6 is 11.8 Å². The first-order valence-electron chi connectivity index (χ1n) is 6.32. The van der Waals surface area contributed by atoms with Gasteiger partial charge in [-0.2, -0.15) is 11.8 Å². The van der Waals surface area contributed by atoms with Gasteiger partial charge in [0.2, 0.25) is 0 Å². The van der Waals surface area contributed by atoms with Crippen LogP contribution in [-0.4, -0.2) is 68.0 Å². The molecule has 2 heterocycles. The Hall–Kier alpha value is 0.220. The Morgan fingerprint density at radius 1 is 1.47 bits per heavy atom. The fourth-order valence-electron chi connectivity index (χ4n) is 2.47. The minimum Gasteiger partial charge on any atom is -0.312 e. The zero-order valence-corrected chi connectivity index (χ0v) is 12.0. The molecule has 2 rings (SSSR count). The summed E-state index contributed by atoms with van der Waals surface area (Å²) in [6, 6.07) is 0.796. The lowest BCUT2D eigenvalue weighted by molar-refractivity contribution is 0.221. The molecule has 2 saturated heterocycles. The van der Waals surface area contributed by atoms with Gasteiger partial charge in [0.25, 0.3) is 0 Å². The number of nitrogens with one attached hydrogen (secondary N) is 1. The van der Waals surface area contributed by atoms with Gasteiger partial charge in [-0.3, -0.25) is 4.90 Å². The monoisotopic (exact) mass is 278 g/mol. The molecule has 17 heavy (non-hydrogen) atoms. The van der Waals surface area contributed by atoms with E-state index >= 15 is 0 Å². The van der Waals surface area contributed by atoms with Gasteiger partial charge in [-0.05, 0) is 19.9 Å². The van der Waals surface area contributed by atoms with Gasteiger partial charge in [0.1, 0.15) is 0 Å². The first-order valence-corrected chi connectivity index (χ1v) is 9.30. The van der Waals surface area contributed by atoms with Crippen molar-refractivity contribution in [3.05, 3.63) is 0 Å². The first-order chi connectivity index (χ1) is 8.07. The molecule has 0 amide bonds. The first kappa shape index (κ1) is 13.6. The summed E-state index contributed by atoms with van der Waals surface area (Å²) in [4.78, 5) is 2.49. The van der Waals surface area contributed by atoms with Gasteiger partial charge in [-0.25, -0.2) is 8.42 Å². The predicted molar refractivity (Wildman–Crippen MR) is 73.4 cm³/mol. The number of nitrogens with zero attached hydrogens (tertiary/aromatic N) is 1. The summed E-state index contributed by atoms with van der Waals surface area (Å²) in [5.74, 6) is 3.04. The van der Waals surface area contributed by atoms with Crippen LogP contribution in [0.5, 0.6) is 0 Å². The molecule has 2 aliphatic rings. The Balaban J connectivity index is 1.77. The molecule has 0 aliphatic carbocycles. The van der Waals surface area contributed by atoms with E-state index in [-0.39, 0.29) is 6.04 Å². The maximum Gasteiger partial charge on any atom is 0.153 e. The fraction of sp³-hybridized carbons (Fsp3) is 1.00. The topological polar surface area (TPSA) is 49.4 Å². The van der Waals surface area contributed by atoms with E-state index in [4.69, 9.17) is 0 Å². The van der Waals surface area contributed by atoms with Crippen molar-refractivity contribution in [2.75, 3.05) is 42.6 Å². The van der Waals surface area contributed by atoms with E-state index in [0.717, 1.165) is 19.5 Å². The van der Waals surface area contributed by atoms with E-state index in [1.165, 1.54) is 11.5 Å². The normalized spacial score (nSPS) is 34.6. The fourth-order valence-corrected chi connectivity index (χ4v) is 5.04. The summed E-state index contributed by atoms with van der Waals surface area (Å²) in [5.41, 5.74) is 0. The second-order valence-corrected chi connectivity index (χ2v) is 8.39. The molecule has 1 N–H and O–H groups in total. The van der Waals surface area contributed by atoms with Crippen molar-refractivity contribution in [1.29, 1.82) is 0 Å². The standard InChI is InChI=1S/C11H22N2O2S2/c1-10-8-16-6-5-13(10)4-2-11-9-17(14,15)7-3-12-11/h10-12H,2-9H2,1H3. The highest BCUT2D eigenvalue weighted by atomic mass is 32.2. The Labute approximate surface area is 108 Å². The van der Waals surface area contributed by atoms with Crippen molar-refractivity contribution >= 4 is 21.6 Å². The second-order valence-electron chi connectivity index (χ2n) is 5.01. The number of hydrogen-bond donors (Lipinski definition) is 1. The van der Waals surface area contributed by atoms with Crippen LogP contribution in [0.2, 0.25) is 0 Å². The molecular weight excluding hydrogens is 256 g/mol. The van der Waals surface area contributed by atoms with E-state index in [2.05, 4.69) is 17.1 Å². The molecule has 2 unspecified atom stereocenters. The van der Waals surface area contributed by atoms with Crippen LogP contribution < -0.4 is 5.32 Å². The molecule has 6 heteroatoms. The third kappa shape index (κ3) is 4.12. The summed E-state index contributed by atoms with van der Waals surface area (Å²) >= 11 is 2.01. The highest BCUT2D eigenvalue weighted by molar-refractivity contribution is 7.99. The van der Waals surface area contributed by atoms with Crippen LogP contribution in [0.15, 0.2) is 0 Å². The van der Waals surface area contributed by atoms with Crippen LogP contribution in [0.25, 0.3) is 0 Å². The minimum atomic E-state index is -2.78. The Bertz CT molecular complexity index is 345. The molecule has 2 atom stereocenters. The van der Waals surface area contributed by atoms with Gasteiger partial charge < -0.3 is 5.32 Å². The smallest absolute Gasteiger partial charge is 0.153 e. The lowest BCUT2D eigenvalue weighted by Gasteiger charge is -2.34. The van der Waals surface area contributed by atoms with Crippen LogP contribution in [0.1, 0.15) is 13.3 Å². The van der Waals surface area contributed by atoms with Crippen molar-refractivity contribution in [2.45, 2.75) is 25.4 Å². The number of rotatable bonds is 3.